The smallest absolute Gasteiger partial charge is 0.124 e. The topological polar surface area (TPSA) is 38.2 Å². The standard InChI is InChI=1S/C23H24FN3OS2/c1-28-17-5-7-19-21(14-17)29-22(25-19)3-2-10-27-11-8-15(9-12-27)23-18-6-4-16(24)13-20(18)30-26-23/h4-7,13-15H,2-3,8-12H2,1H3. The van der Waals surface area contributed by atoms with Crippen molar-refractivity contribution in [2.24, 2.45) is 0 Å². The number of hydrogen-bond donors (Lipinski definition) is 0. The van der Waals surface area contributed by atoms with E-state index >= 15 is 0 Å². The molecule has 5 rings (SSSR count). The molecule has 0 amide bonds. The van der Waals surface area contributed by atoms with Gasteiger partial charge in [-0.05, 0) is 86.8 Å². The van der Waals surface area contributed by atoms with Crippen molar-refractivity contribution in [3.63, 3.8) is 0 Å². The van der Waals surface area contributed by atoms with Gasteiger partial charge < -0.3 is 9.64 Å². The third-order valence-corrected chi connectivity index (χ3v) is 7.84. The van der Waals surface area contributed by atoms with E-state index in [0.29, 0.717) is 5.92 Å². The highest BCUT2D eigenvalue weighted by molar-refractivity contribution is 7.18. The number of hydrogen-bond acceptors (Lipinski definition) is 6. The van der Waals surface area contributed by atoms with Gasteiger partial charge in [0, 0.05) is 17.7 Å². The summed E-state index contributed by atoms with van der Waals surface area (Å²) >= 11 is 3.19. The van der Waals surface area contributed by atoms with Crippen LogP contribution >= 0.6 is 22.9 Å². The molecule has 30 heavy (non-hydrogen) atoms. The molecule has 1 aliphatic heterocycles. The maximum atomic E-state index is 13.4. The van der Waals surface area contributed by atoms with Crippen LogP contribution in [0.15, 0.2) is 36.4 Å². The normalized spacial score (nSPS) is 15.9. The summed E-state index contributed by atoms with van der Waals surface area (Å²) in [5.74, 6) is 1.19. The molecule has 1 aliphatic rings. The molecule has 7 heteroatoms. The number of fused-ring (bicyclic) bond motifs is 2. The Labute approximate surface area is 183 Å². The van der Waals surface area contributed by atoms with E-state index in [4.69, 9.17) is 9.72 Å². The van der Waals surface area contributed by atoms with Gasteiger partial charge in [-0.15, -0.1) is 11.3 Å². The molecule has 0 bridgehead atoms. The fourth-order valence-electron chi connectivity index (χ4n) is 4.30. The second-order valence-corrected chi connectivity index (χ2v) is 9.79. The Balaban J connectivity index is 1.14. The lowest BCUT2D eigenvalue weighted by molar-refractivity contribution is 0.209. The zero-order chi connectivity index (χ0) is 20.5. The van der Waals surface area contributed by atoms with Crippen molar-refractivity contribution < 1.29 is 9.13 Å². The molecule has 0 aliphatic carbocycles. The van der Waals surface area contributed by atoms with Crippen LogP contribution in [0.2, 0.25) is 0 Å². The van der Waals surface area contributed by atoms with Crippen molar-refractivity contribution in [2.75, 3.05) is 26.7 Å². The number of likely N-dealkylation sites (tertiary alicyclic amines) is 1. The molecule has 0 unspecified atom stereocenters. The van der Waals surface area contributed by atoms with Gasteiger partial charge in [0.15, 0.2) is 0 Å². The molecule has 0 N–H and O–H groups in total. The van der Waals surface area contributed by atoms with E-state index in [1.165, 1.54) is 26.9 Å². The highest BCUT2D eigenvalue weighted by Crippen LogP contribution is 2.35. The summed E-state index contributed by atoms with van der Waals surface area (Å²) < 4.78 is 25.6. The Bertz CT molecular complexity index is 1160. The zero-order valence-electron chi connectivity index (χ0n) is 16.9. The van der Waals surface area contributed by atoms with Gasteiger partial charge in [0.2, 0.25) is 0 Å². The summed E-state index contributed by atoms with van der Waals surface area (Å²) in [7, 11) is 1.70. The molecule has 0 atom stereocenters. The lowest BCUT2D eigenvalue weighted by Crippen LogP contribution is -2.34. The molecular formula is C23H24FN3OS2. The monoisotopic (exact) mass is 441 g/mol. The van der Waals surface area contributed by atoms with Gasteiger partial charge >= 0.3 is 0 Å². The Kier molecular flexibility index (Phi) is 5.67. The van der Waals surface area contributed by atoms with Crippen LogP contribution in [0.3, 0.4) is 0 Å². The maximum Gasteiger partial charge on any atom is 0.124 e. The average molecular weight is 442 g/mol. The number of rotatable bonds is 6. The number of nitrogens with zero attached hydrogens (tertiary/aromatic N) is 3. The largest absolute Gasteiger partial charge is 0.497 e. The second kappa shape index (κ2) is 8.57. The van der Waals surface area contributed by atoms with Crippen molar-refractivity contribution in [3.05, 3.63) is 52.9 Å². The van der Waals surface area contributed by atoms with Gasteiger partial charge in [-0.25, -0.2) is 9.37 Å². The Hall–Kier alpha value is -2.09. The summed E-state index contributed by atoms with van der Waals surface area (Å²) in [5.41, 5.74) is 2.23. The molecular weight excluding hydrogens is 417 g/mol. The summed E-state index contributed by atoms with van der Waals surface area (Å²) in [4.78, 5) is 7.32. The molecule has 2 aromatic carbocycles. The highest BCUT2D eigenvalue weighted by Gasteiger charge is 2.24. The van der Waals surface area contributed by atoms with E-state index < -0.39 is 0 Å². The number of aromatic nitrogens is 2. The van der Waals surface area contributed by atoms with Gasteiger partial charge in [-0.2, -0.15) is 4.37 Å². The van der Waals surface area contributed by atoms with Gasteiger partial charge in [-0.1, -0.05) is 0 Å². The van der Waals surface area contributed by atoms with E-state index in [1.807, 2.05) is 18.2 Å². The molecule has 1 saturated heterocycles. The second-order valence-electron chi connectivity index (χ2n) is 7.87. The number of benzene rings is 2. The number of methoxy groups -OCH3 is 1. The molecule has 2 aromatic heterocycles. The first-order valence-electron chi connectivity index (χ1n) is 10.4. The minimum absolute atomic E-state index is 0.181. The first-order chi connectivity index (χ1) is 14.7. The van der Waals surface area contributed by atoms with E-state index in [-0.39, 0.29) is 5.82 Å². The molecule has 3 heterocycles. The quantitative estimate of drug-likeness (QED) is 0.375. The van der Waals surface area contributed by atoms with Crippen LogP contribution in [0.25, 0.3) is 20.3 Å². The molecule has 0 saturated carbocycles. The van der Waals surface area contributed by atoms with Crippen molar-refractivity contribution >= 4 is 43.2 Å². The lowest BCUT2D eigenvalue weighted by atomic mass is 9.91. The zero-order valence-corrected chi connectivity index (χ0v) is 18.6. The molecule has 0 radical (unpaired) electrons. The maximum absolute atomic E-state index is 13.4. The van der Waals surface area contributed by atoms with Crippen molar-refractivity contribution in [1.29, 1.82) is 0 Å². The Morgan fingerprint density at radius 2 is 2.00 bits per heavy atom. The number of thiazole rings is 1. The molecule has 1 fully saturated rings. The van der Waals surface area contributed by atoms with E-state index in [0.717, 1.165) is 66.7 Å². The number of aryl methyl sites for hydroxylation is 1. The van der Waals surface area contributed by atoms with Crippen LogP contribution in [0, 0.1) is 5.82 Å². The average Bonchev–Trinajstić information content (AvgIpc) is 3.37. The first kappa shape index (κ1) is 19.8. The summed E-state index contributed by atoms with van der Waals surface area (Å²) in [6.07, 6.45) is 4.39. The van der Waals surface area contributed by atoms with Gasteiger partial charge in [0.1, 0.15) is 11.6 Å². The predicted octanol–water partition coefficient (Wildman–Crippen LogP) is 5.87. The Morgan fingerprint density at radius 1 is 1.13 bits per heavy atom. The van der Waals surface area contributed by atoms with E-state index in [1.54, 1.807) is 30.6 Å². The van der Waals surface area contributed by atoms with Gasteiger partial charge in [0.25, 0.3) is 0 Å². The van der Waals surface area contributed by atoms with Gasteiger partial charge in [-0.3, -0.25) is 0 Å². The summed E-state index contributed by atoms with van der Waals surface area (Å²) in [5, 5.41) is 2.33. The predicted molar refractivity (Wildman–Crippen MR) is 122 cm³/mol. The van der Waals surface area contributed by atoms with Crippen LogP contribution in [0.4, 0.5) is 4.39 Å². The Morgan fingerprint density at radius 3 is 2.83 bits per heavy atom. The van der Waals surface area contributed by atoms with Crippen LogP contribution in [0.1, 0.15) is 35.9 Å². The van der Waals surface area contributed by atoms with Crippen molar-refractivity contribution in [3.8, 4) is 5.75 Å². The first-order valence-corrected chi connectivity index (χ1v) is 12.0. The molecule has 4 nitrogen and oxygen atoms in total. The van der Waals surface area contributed by atoms with Crippen LogP contribution < -0.4 is 4.74 Å². The fraction of sp³-hybridized carbons (Fsp3) is 0.391. The van der Waals surface area contributed by atoms with Crippen molar-refractivity contribution in [2.45, 2.75) is 31.6 Å². The number of piperidine rings is 1. The third kappa shape index (κ3) is 4.06. The van der Waals surface area contributed by atoms with E-state index in [9.17, 15) is 4.39 Å². The fourth-order valence-corrected chi connectivity index (χ4v) is 6.21. The SMILES string of the molecule is COc1ccc2nc(CCCN3CCC(c4nsc5cc(F)ccc45)CC3)sc2c1. The minimum atomic E-state index is -0.181. The summed E-state index contributed by atoms with van der Waals surface area (Å²) in [6, 6.07) is 11.1. The number of halogens is 1. The lowest BCUT2D eigenvalue weighted by Gasteiger charge is -2.31. The summed E-state index contributed by atoms with van der Waals surface area (Å²) in [6.45, 7) is 3.30. The third-order valence-electron chi connectivity index (χ3n) is 5.94. The highest BCUT2D eigenvalue weighted by atomic mass is 32.1. The van der Waals surface area contributed by atoms with Crippen molar-refractivity contribution in [1.82, 2.24) is 14.3 Å². The molecule has 156 valence electrons. The van der Waals surface area contributed by atoms with Crippen LogP contribution in [-0.4, -0.2) is 41.0 Å². The number of ether oxygens (including phenoxy) is 1. The van der Waals surface area contributed by atoms with Gasteiger partial charge in [0.05, 0.1) is 32.7 Å². The molecule has 4 aromatic rings. The minimum Gasteiger partial charge on any atom is -0.497 e. The van der Waals surface area contributed by atoms with Crippen LogP contribution in [0.5, 0.6) is 5.75 Å². The van der Waals surface area contributed by atoms with E-state index in [2.05, 4.69) is 15.3 Å². The van der Waals surface area contributed by atoms with Crippen LogP contribution in [-0.2, 0) is 6.42 Å². The molecule has 0 spiro atoms.